The highest BCUT2D eigenvalue weighted by atomic mass is 16.6. The summed E-state index contributed by atoms with van der Waals surface area (Å²) in [7, 11) is 1.52. The predicted molar refractivity (Wildman–Crippen MR) is 103 cm³/mol. The van der Waals surface area contributed by atoms with Crippen molar-refractivity contribution in [1.29, 1.82) is 0 Å². The highest BCUT2D eigenvalue weighted by molar-refractivity contribution is 5.94. The first-order valence-electron chi connectivity index (χ1n) is 8.63. The first-order valence-corrected chi connectivity index (χ1v) is 8.63. The van der Waals surface area contributed by atoms with E-state index in [1.54, 1.807) is 12.1 Å². The number of nitrogens with zero attached hydrogens (tertiary/aromatic N) is 3. The summed E-state index contributed by atoms with van der Waals surface area (Å²) >= 11 is 0. The van der Waals surface area contributed by atoms with Crippen molar-refractivity contribution in [2.24, 2.45) is 0 Å². The maximum absolute atomic E-state index is 12.2. The number of hydrogen-bond acceptors (Lipinski definition) is 6. The number of carbonyl (C=O) groups excluding carboxylic acids is 2. The molecule has 1 aromatic heterocycles. The van der Waals surface area contributed by atoms with Gasteiger partial charge in [0.2, 0.25) is 5.91 Å². The Morgan fingerprint density at radius 3 is 2.50 bits per heavy atom. The average molecular weight is 380 g/mol. The van der Waals surface area contributed by atoms with Crippen LogP contribution in [-0.4, -0.2) is 47.1 Å². The molecule has 0 atom stereocenters. The van der Waals surface area contributed by atoms with E-state index in [1.807, 2.05) is 49.4 Å². The molecule has 0 aliphatic rings. The second-order valence-corrected chi connectivity index (χ2v) is 6.19. The van der Waals surface area contributed by atoms with Crippen molar-refractivity contribution in [3.05, 3.63) is 60.2 Å². The molecule has 28 heavy (non-hydrogen) atoms. The van der Waals surface area contributed by atoms with Gasteiger partial charge in [-0.25, -0.2) is 0 Å². The number of aromatic nitrogens is 2. The first-order chi connectivity index (χ1) is 13.5. The van der Waals surface area contributed by atoms with E-state index >= 15 is 0 Å². The summed E-state index contributed by atoms with van der Waals surface area (Å²) in [4.78, 5) is 25.5. The molecule has 8 heteroatoms. The van der Waals surface area contributed by atoms with Gasteiger partial charge in [0.25, 0.3) is 11.8 Å². The molecule has 0 saturated heterocycles. The number of nitrogens with one attached hydrogen (secondary N) is 1. The topological polar surface area (TPSA) is 97.6 Å². The Bertz CT molecular complexity index is 938. The Balaban J connectivity index is 1.47. The minimum atomic E-state index is -0.390. The van der Waals surface area contributed by atoms with Crippen LogP contribution in [-0.2, 0) is 9.59 Å². The third-order valence-electron chi connectivity index (χ3n) is 3.89. The number of anilines is 1. The number of carbonyl (C=O) groups is 2. The molecular weight excluding hydrogens is 360 g/mol. The van der Waals surface area contributed by atoms with Crippen molar-refractivity contribution >= 4 is 17.5 Å². The Morgan fingerprint density at radius 1 is 1.07 bits per heavy atom. The van der Waals surface area contributed by atoms with E-state index in [0.29, 0.717) is 11.6 Å². The lowest BCUT2D eigenvalue weighted by atomic mass is 10.2. The van der Waals surface area contributed by atoms with Crippen LogP contribution in [0.1, 0.15) is 5.56 Å². The normalized spacial score (nSPS) is 10.4. The van der Waals surface area contributed by atoms with Crippen LogP contribution in [0.15, 0.2) is 59.0 Å². The van der Waals surface area contributed by atoms with Crippen LogP contribution in [0.25, 0.3) is 11.5 Å². The van der Waals surface area contributed by atoms with E-state index in [2.05, 4.69) is 15.5 Å². The van der Waals surface area contributed by atoms with Crippen molar-refractivity contribution in [3.8, 4) is 17.5 Å². The molecule has 0 aliphatic carbocycles. The van der Waals surface area contributed by atoms with Gasteiger partial charge in [0.05, 0.1) is 6.54 Å². The largest absolute Gasteiger partial charge is 0.439 e. The quantitative estimate of drug-likeness (QED) is 0.676. The van der Waals surface area contributed by atoms with Crippen molar-refractivity contribution in [2.45, 2.75) is 6.92 Å². The highest BCUT2D eigenvalue weighted by Gasteiger charge is 2.16. The lowest BCUT2D eigenvalue weighted by Gasteiger charge is -2.16. The molecule has 1 N–H and O–H groups in total. The van der Waals surface area contributed by atoms with Crippen LogP contribution in [0, 0.1) is 6.92 Å². The molecule has 0 saturated carbocycles. The molecule has 3 aromatic rings. The standard InChI is InChI=1S/C20H20N4O4/c1-14-8-10-16(11-9-14)21-17(25)12-24(2)18(26)13-27-20-23-22-19(28-20)15-6-4-3-5-7-15/h3-11H,12-13H2,1-2H3,(H,21,25). The number of ether oxygens (including phenoxy) is 1. The zero-order valence-electron chi connectivity index (χ0n) is 15.6. The van der Waals surface area contributed by atoms with Crippen molar-refractivity contribution in [2.75, 3.05) is 25.5 Å². The lowest BCUT2D eigenvalue weighted by molar-refractivity contribution is -0.135. The molecule has 1 heterocycles. The molecule has 0 spiro atoms. The van der Waals surface area contributed by atoms with Gasteiger partial charge in [0.15, 0.2) is 6.61 Å². The number of rotatable bonds is 7. The van der Waals surface area contributed by atoms with Gasteiger partial charge < -0.3 is 19.4 Å². The van der Waals surface area contributed by atoms with Gasteiger partial charge in [0, 0.05) is 18.3 Å². The smallest absolute Gasteiger partial charge is 0.415 e. The van der Waals surface area contributed by atoms with Crippen LogP contribution in [0.5, 0.6) is 6.08 Å². The molecule has 0 unspecified atom stereocenters. The van der Waals surface area contributed by atoms with Crippen LogP contribution in [0.2, 0.25) is 0 Å². The Kier molecular flexibility index (Phi) is 6.01. The van der Waals surface area contributed by atoms with Crippen molar-refractivity contribution < 1.29 is 18.7 Å². The summed E-state index contributed by atoms with van der Waals surface area (Å²) in [6.45, 7) is 1.55. The Hall–Kier alpha value is -3.68. The summed E-state index contributed by atoms with van der Waals surface area (Å²) in [5.41, 5.74) is 2.52. The van der Waals surface area contributed by atoms with Crippen molar-refractivity contribution in [3.63, 3.8) is 0 Å². The summed E-state index contributed by atoms with van der Waals surface area (Å²) in [5, 5.41) is 10.4. The molecule has 2 amide bonds. The predicted octanol–water partition coefficient (Wildman–Crippen LogP) is 2.52. The maximum Gasteiger partial charge on any atom is 0.415 e. The SMILES string of the molecule is Cc1ccc(NC(=O)CN(C)C(=O)COc2nnc(-c3ccccc3)o2)cc1. The number of amides is 2. The molecular formula is C20H20N4O4. The van der Waals surface area contributed by atoms with E-state index in [4.69, 9.17) is 9.15 Å². The van der Waals surface area contributed by atoms with Gasteiger partial charge >= 0.3 is 6.08 Å². The fourth-order valence-electron chi connectivity index (χ4n) is 2.34. The van der Waals surface area contributed by atoms with Gasteiger partial charge in [-0.05, 0) is 31.2 Å². The monoisotopic (exact) mass is 380 g/mol. The van der Waals surface area contributed by atoms with E-state index in [-0.39, 0.29) is 25.1 Å². The van der Waals surface area contributed by atoms with E-state index in [0.717, 1.165) is 11.1 Å². The Labute approximate surface area is 162 Å². The van der Waals surface area contributed by atoms with Crippen molar-refractivity contribution in [1.82, 2.24) is 15.1 Å². The number of likely N-dealkylation sites (N-methyl/N-ethyl adjacent to an activating group) is 1. The second-order valence-electron chi connectivity index (χ2n) is 6.19. The van der Waals surface area contributed by atoms with Gasteiger partial charge in [0.1, 0.15) is 0 Å². The maximum atomic E-state index is 12.2. The number of hydrogen-bond donors (Lipinski definition) is 1. The first kappa shape index (κ1) is 19.1. The number of benzene rings is 2. The van der Waals surface area contributed by atoms with E-state index < -0.39 is 5.91 Å². The summed E-state index contributed by atoms with van der Waals surface area (Å²) < 4.78 is 10.6. The minimum Gasteiger partial charge on any atom is -0.439 e. The lowest BCUT2D eigenvalue weighted by Crippen LogP contribution is -2.37. The minimum absolute atomic E-state index is 0.102. The fourth-order valence-corrected chi connectivity index (χ4v) is 2.34. The molecule has 8 nitrogen and oxygen atoms in total. The molecule has 0 radical (unpaired) electrons. The van der Waals surface area contributed by atoms with Gasteiger partial charge in [-0.3, -0.25) is 9.59 Å². The highest BCUT2D eigenvalue weighted by Crippen LogP contribution is 2.20. The third kappa shape index (κ3) is 5.16. The third-order valence-corrected chi connectivity index (χ3v) is 3.89. The molecule has 0 aliphatic heterocycles. The Morgan fingerprint density at radius 2 is 1.79 bits per heavy atom. The van der Waals surface area contributed by atoms with Crippen LogP contribution in [0.3, 0.4) is 0 Å². The zero-order chi connectivity index (χ0) is 19.9. The van der Waals surface area contributed by atoms with E-state index in [1.165, 1.54) is 11.9 Å². The molecule has 0 fully saturated rings. The fraction of sp³-hybridized carbons (Fsp3) is 0.200. The number of aryl methyl sites for hydroxylation is 1. The second kappa shape index (κ2) is 8.81. The zero-order valence-corrected chi connectivity index (χ0v) is 15.6. The van der Waals surface area contributed by atoms with Crippen LogP contribution < -0.4 is 10.1 Å². The summed E-state index contributed by atoms with van der Waals surface area (Å²) in [5.74, 6) is -0.392. The summed E-state index contributed by atoms with van der Waals surface area (Å²) in [6, 6.07) is 16.6. The molecule has 144 valence electrons. The van der Waals surface area contributed by atoms with Gasteiger partial charge in [-0.1, -0.05) is 41.0 Å². The molecule has 0 bridgehead atoms. The average Bonchev–Trinajstić information content (AvgIpc) is 3.17. The van der Waals surface area contributed by atoms with Gasteiger partial charge in [-0.15, -0.1) is 5.10 Å². The molecule has 2 aromatic carbocycles. The van der Waals surface area contributed by atoms with Crippen LogP contribution >= 0.6 is 0 Å². The van der Waals surface area contributed by atoms with Gasteiger partial charge in [-0.2, -0.15) is 0 Å². The van der Waals surface area contributed by atoms with Crippen LogP contribution in [0.4, 0.5) is 5.69 Å². The summed E-state index contributed by atoms with van der Waals surface area (Å²) in [6.07, 6.45) is -0.107. The molecule has 3 rings (SSSR count). The van der Waals surface area contributed by atoms with E-state index in [9.17, 15) is 9.59 Å².